The molecule has 0 aromatic heterocycles. The number of benzene rings is 1. The molecule has 0 aliphatic rings. The molecule has 0 aliphatic heterocycles. The summed E-state index contributed by atoms with van der Waals surface area (Å²) in [5.41, 5.74) is 6.19. The van der Waals surface area contributed by atoms with Crippen molar-refractivity contribution in [1.82, 2.24) is 0 Å². The van der Waals surface area contributed by atoms with Crippen LogP contribution in [0, 0.1) is 0 Å². The summed E-state index contributed by atoms with van der Waals surface area (Å²) in [5.74, 6) is 0.276. The van der Waals surface area contributed by atoms with Crippen LogP contribution in [0.3, 0.4) is 0 Å². The van der Waals surface area contributed by atoms with Gasteiger partial charge in [-0.1, -0.05) is 19.9 Å². The molecule has 0 saturated carbocycles. The fraction of sp³-hybridized carbons (Fsp3) is 0.538. The third kappa shape index (κ3) is 5.38. The van der Waals surface area contributed by atoms with Crippen molar-refractivity contribution >= 4 is 0 Å². The van der Waals surface area contributed by atoms with E-state index in [1.54, 1.807) is 6.07 Å². The van der Waals surface area contributed by atoms with Crippen LogP contribution >= 0.6 is 0 Å². The van der Waals surface area contributed by atoms with Gasteiger partial charge < -0.3 is 15.2 Å². The Morgan fingerprint density at radius 3 is 2.47 bits per heavy atom. The van der Waals surface area contributed by atoms with Crippen molar-refractivity contribution in [2.24, 2.45) is 5.73 Å². The molecule has 0 fully saturated rings. The molecule has 0 aliphatic carbocycles. The van der Waals surface area contributed by atoms with Gasteiger partial charge >= 0.3 is 6.36 Å². The van der Waals surface area contributed by atoms with Gasteiger partial charge in [-0.3, -0.25) is 0 Å². The lowest BCUT2D eigenvalue weighted by Crippen LogP contribution is -2.17. The predicted molar refractivity (Wildman–Crippen MR) is 66.4 cm³/mol. The van der Waals surface area contributed by atoms with Crippen molar-refractivity contribution in [1.29, 1.82) is 0 Å². The Bertz CT molecular complexity index is 405. The summed E-state index contributed by atoms with van der Waals surface area (Å²) < 4.78 is 45.8. The maximum Gasteiger partial charge on any atom is 0.573 e. The zero-order valence-corrected chi connectivity index (χ0v) is 11.0. The van der Waals surface area contributed by atoms with Gasteiger partial charge in [-0.25, -0.2) is 0 Å². The standard InChI is InChI=1S/C13H18F3NO2/c1-9(2)11-5-4-10(19-13(14,15)16)8-12(11)18-7-3-6-17/h4-5,8-9H,3,6-7,17H2,1-2H3. The lowest BCUT2D eigenvalue weighted by molar-refractivity contribution is -0.274. The minimum absolute atomic E-state index is 0.146. The molecule has 0 spiro atoms. The number of halogens is 3. The zero-order chi connectivity index (χ0) is 14.5. The van der Waals surface area contributed by atoms with Gasteiger partial charge in [-0.15, -0.1) is 13.2 Å². The summed E-state index contributed by atoms with van der Waals surface area (Å²) in [6.07, 6.45) is -4.06. The van der Waals surface area contributed by atoms with E-state index in [1.165, 1.54) is 12.1 Å². The van der Waals surface area contributed by atoms with Gasteiger partial charge in [0.1, 0.15) is 11.5 Å². The highest BCUT2D eigenvalue weighted by molar-refractivity contribution is 5.42. The van der Waals surface area contributed by atoms with Crippen LogP contribution in [0.4, 0.5) is 13.2 Å². The van der Waals surface area contributed by atoms with Gasteiger partial charge in [0.05, 0.1) is 6.61 Å². The van der Waals surface area contributed by atoms with E-state index in [0.29, 0.717) is 25.3 Å². The molecule has 1 aromatic carbocycles. The molecule has 1 aromatic rings. The molecule has 1 rings (SSSR count). The van der Waals surface area contributed by atoms with E-state index in [-0.39, 0.29) is 11.7 Å². The molecule has 2 N–H and O–H groups in total. The molecule has 0 radical (unpaired) electrons. The first-order valence-corrected chi connectivity index (χ1v) is 6.06. The van der Waals surface area contributed by atoms with Crippen LogP contribution in [-0.4, -0.2) is 19.5 Å². The Hall–Kier alpha value is -1.43. The van der Waals surface area contributed by atoms with Crippen molar-refractivity contribution in [3.63, 3.8) is 0 Å². The van der Waals surface area contributed by atoms with E-state index in [2.05, 4.69) is 4.74 Å². The van der Waals surface area contributed by atoms with Crippen LogP contribution in [0.2, 0.25) is 0 Å². The third-order valence-electron chi connectivity index (χ3n) is 2.45. The first-order chi connectivity index (χ1) is 8.83. The molecule has 108 valence electrons. The molecule has 0 amide bonds. The number of nitrogens with two attached hydrogens (primary N) is 1. The Morgan fingerprint density at radius 1 is 1.26 bits per heavy atom. The summed E-state index contributed by atoms with van der Waals surface area (Å²) in [5, 5.41) is 0. The largest absolute Gasteiger partial charge is 0.573 e. The molecule has 19 heavy (non-hydrogen) atoms. The van der Waals surface area contributed by atoms with Gasteiger partial charge in [-0.05, 0) is 30.5 Å². The average molecular weight is 277 g/mol. The van der Waals surface area contributed by atoms with Gasteiger partial charge in [0.2, 0.25) is 0 Å². The maximum atomic E-state index is 12.2. The molecule has 0 atom stereocenters. The Kier molecular flexibility index (Phi) is 5.47. The van der Waals surface area contributed by atoms with Crippen LogP contribution in [0.15, 0.2) is 18.2 Å². The minimum atomic E-state index is -4.70. The van der Waals surface area contributed by atoms with E-state index < -0.39 is 6.36 Å². The molecule has 0 saturated heterocycles. The SMILES string of the molecule is CC(C)c1ccc(OC(F)(F)F)cc1OCCCN. The van der Waals surface area contributed by atoms with Gasteiger partial charge in [-0.2, -0.15) is 0 Å². The highest BCUT2D eigenvalue weighted by Gasteiger charge is 2.31. The van der Waals surface area contributed by atoms with Crippen molar-refractivity contribution < 1.29 is 22.6 Å². The Labute approximate surface area is 110 Å². The maximum absolute atomic E-state index is 12.2. The van der Waals surface area contributed by atoms with Gasteiger partial charge in [0.25, 0.3) is 0 Å². The summed E-state index contributed by atoms with van der Waals surface area (Å²) in [7, 11) is 0. The lowest BCUT2D eigenvalue weighted by atomic mass is 10.0. The third-order valence-corrected chi connectivity index (χ3v) is 2.45. The lowest BCUT2D eigenvalue weighted by Gasteiger charge is -2.16. The van der Waals surface area contributed by atoms with Crippen molar-refractivity contribution in [3.8, 4) is 11.5 Å². The predicted octanol–water partition coefficient (Wildman–Crippen LogP) is 3.44. The van der Waals surface area contributed by atoms with Crippen molar-refractivity contribution in [2.45, 2.75) is 32.5 Å². The quantitative estimate of drug-likeness (QED) is 0.810. The van der Waals surface area contributed by atoms with E-state index >= 15 is 0 Å². The summed E-state index contributed by atoms with van der Waals surface area (Å²) in [6, 6.07) is 4.14. The van der Waals surface area contributed by atoms with Crippen molar-refractivity contribution in [3.05, 3.63) is 23.8 Å². The summed E-state index contributed by atoms with van der Waals surface area (Å²) in [4.78, 5) is 0. The topological polar surface area (TPSA) is 44.5 Å². The number of rotatable bonds is 6. The highest BCUT2D eigenvalue weighted by atomic mass is 19.4. The summed E-state index contributed by atoms with van der Waals surface area (Å²) >= 11 is 0. The number of ether oxygens (including phenoxy) is 2. The molecule has 0 heterocycles. The Morgan fingerprint density at radius 2 is 1.95 bits per heavy atom. The fourth-order valence-electron chi connectivity index (χ4n) is 1.58. The molecular formula is C13H18F3NO2. The second-order valence-corrected chi connectivity index (χ2v) is 4.39. The number of hydrogen-bond donors (Lipinski definition) is 1. The van der Waals surface area contributed by atoms with Crippen molar-refractivity contribution in [2.75, 3.05) is 13.2 Å². The monoisotopic (exact) mass is 277 g/mol. The molecule has 3 nitrogen and oxygen atoms in total. The molecule has 0 unspecified atom stereocenters. The van der Waals surface area contributed by atoms with Crippen LogP contribution in [-0.2, 0) is 0 Å². The normalized spacial score (nSPS) is 11.7. The van der Waals surface area contributed by atoms with Crippen LogP contribution < -0.4 is 15.2 Å². The summed E-state index contributed by atoms with van der Waals surface area (Å²) in [6.45, 7) is 4.71. The second kappa shape index (κ2) is 6.65. The molecular weight excluding hydrogens is 259 g/mol. The zero-order valence-electron chi connectivity index (χ0n) is 11.0. The first-order valence-electron chi connectivity index (χ1n) is 6.06. The van der Waals surface area contributed by atoms with E-state index in [4.69, 9.17) is 10.5 Å². The average Bonchev–Trinajstić information content (AvgIpc) is 2.27. The van der Waals surface area contributed by atoms with E-state index in [9.17, 15) is 13.2 Å². The fourth-order valence-corrected chi connectivity index (χ4v) is 1.58. The van der Waals surface area contributed by atoms with Crippen LogP contribution in [0.25, 0.3) is 0 Å². The number of alkyl halides is 3. The van der Waals surface area contributed by atoms with E-state index in [1.807, 2.05) is 13.8 Å². The molecule has 6 heteroatoms. The second-order valence-electron chi connectivity index (χ2n) is 4.39. The van der Waals surface area contributed by atoms with Crippen LogP contribution in [0.1, 0.15) is 31.7 Å². The molecule has 0 bridgehead atoms. The first kappa shape index (κ1) is 15.6. The van der Waals surface area contributed by atoms with E-state index in [0.717, 1.165) is 5.56 Å². The number of hydrogen-bond acceptors (Lipinski definition) is 3. The Balaban J connectivity index is 2.90. The minimum Gasteiger partial charge on any atom is -0.493 e. The van der Waals surface area contributed by atoms with Crippen LogP contribution in [0.5, 0.6) is 11.5 Å². The van der Waals surface area contributed by atoms with Gasteiger partial charge in [0, 0.05) is 6.07 Å². The van der Waals surface area contributed by atoms with Gasteiger partial charge in [0.15, 0.2) is 0 Å². The smallest absolute Gasteiger partial charge is 0.493 e. The highest BCUT2D eigenvalue weighted by Crippen LogP contribution is 2.32.